The molecule has 3 aliphatic heterocycles. The van der Waals surface area contributed by atoms with Gasteiger partial charge in [-0.25, -0.2) is 4.79 Å². The quantitative estimate of drug-likeness (QED) is 0.127. The number of nitrogens with zero attached hydrogens (tertiary/aromatic N) is 1. The summed E-state index contributed by atoms with van der Waals surface area (Å²) in [6, 6.07) is -1.17. The highest BCUT2D eigenvalue weighted by atomic mass is 16.6. The van der Waals surface area contributed by atoms with Gasteiger partial charge >= 0.3 is 5.97 Å². The average Bonchev–Trinajstić information content (AvgIpc) is 3.32. The molecule has 0 unspecified atom stereocenters. The number of hydrogen-bond donors (Lipinski definition) is 3. The summed E-state index contributed by atoms with van der Waals surface area (Å²) in [6.45, 7) is 14.6. The minimum absolute atomic E-state index is 0.0124. The van der Waals surface area contributed by atoms with E-state index >= 15 is 0 Å². The summed E-state index contributed by atoms with van der Waals surface area (Å²) in [7, 11) is 4.59. The highest BCUT2D eigenvalue weighted by Crippen LogP contribution is 2.40. The van der Waals surface area contributed by atoms with Crippen LogP contribution < -0.4 is 0 Å². The van der Waals surface area contributed by atoms with E-state index in [1.54, 1.807) is 48.0 Å². The lowest BCUT2D eigenvalue weighted by atomic mass is 9.74. The fraction of sp³-hybridized carbons (Fsp3) is 0.759. The number of rotatable bonds is 9. The van der Waals surface area contributed by atoms with E-state index in [2.05, 4.69) is 0 Å². The monoisotopic (exact) mass is 972 g/mol. The van der Waals surface area contributed by atoms with Gasteiger partial charge in [-0.15, -0.1) is 0 Å². The second-order valence-electron chi connectivity index (χ2n) is 20.8. The van der Waals surface area contributed by atoms with Crippen molar-refractivity contribution in [1.29, 1.82) is 0 Å². The van der Waals surface area contributed by atoms with E-state index < -0.39 is 83.2 Å². The molecule has 1 amide bonds. The molecule has 15 nitrogen and oxygen atoms in total. The van der Waals surface area contributed by atoms with Crippen molar-refractivity contribution in [3.8, 4) is 0 Å². The minimum Gasteiger partial charge on any atom is -0.457 e. The van der Waals surface area contributed by atoms with Crippen molar-refractivity contribution < 1.29 is 67.7 Å². The number of cyclic esters (lactones) is 1. The smallest absolute Gasteiger partial charge is 0.329 e. The van der Waals surface area contributed by atoms with E-state index in [-0.39, 0.29) is 68.2 Å². The number of piperidine rings is 1. The Morgan fingerprint density at radius 3 is 2.25 bits per heavy atom. The van der Waals surface area contributed by atoms with E-state index in [9.17, 15) is 39.3 Å². The molecule has 15 atom stereocenters. The molecule has 69 heavy (non-hydrogen) atoms. The van der Waals surface area contributed by atoms with E-state index in [1.807, 2.05) is 58.1 Å². The Morgan fingerprint density at radius 1 is 0.855 bits per heavy atom. The number of esters is 1. The van der Waals surface area contributed by atoms with Crippen molar-refractivity contribution in [2.45, 2.75) is 186 Å². The first-order valence-electron chi connectivity index (χ1n) is 25.4. The Morgan fingerprint density at radius 2 is 1.58 bits per heavy atom. The Kier molecular flexibility index (Phi) is 22.7. The predicted octanol–water partition coefficient (Wildman–Crippen LogP) is 6.59. The number of aliphatic hydroxyl groups is 3. The molecule has 0 aromatic rings. The van der Waals surface area contributed by atoms with Crippen LogP contribution in [-0.2, 0) is 52.4 Å². The van der Waals surface area contributed by atoms with E-state index in [4.69, 9.17) is 28.4 Å². The zero-order chi connectivity index (χ0) is 51.2. The van der Waals surface area contributed by atoms with E-state index in [0.29, 0.717) is 63.4 Å². The van der Waals surface area contributed by atoms with Gasteiger partial charge < -0.3 is 48.6 Å². The van der Waals surface area contributed by atoms with Gasteiger partial charge in [0.2, 0.25) is 5.79 Å². The molecule has 0 spiro atoms. The first-order chi connectivity index (χ1) is 32.6. The molecule has 390 valence electrons. The van der Waals surface area contributed by atoms with Gasteiger partial charge in [0.1, 0.15) is 29.6 Å². The van der Waals surface area contributed by atoms with Crippen LogP contribution in [-0.4, -0.2) is 145 Å². The number of ether oxygens (including phenoxy) is 6. The SMILES string of the molecule is CO[C@H]1C[C@@H]2CC[C@@H](C)[C@@](O)(O2)C(=O)C(=O)N2CCCC[C@H]2C(=O)O[C@@](C)([C@H](C)C[C@@H]2CC[C@@H](OCCO)[C@H](OC)C2)CC(=O)[C@H](C)/C=C(\C)[C@@H](O)[C@@H](OC)C(=O)[C@H](C)C[C@H](C)/C=C/C=C/C=C/1C. The zero-order valence-corrected chi connectivity index (χ0v) is 43.4. The molecule has 15 heteroatoms. The first-order valence-corrected chi connectivity index (χ1v) is 25.4. The molecule has 3 fully saturated rings. The van der Waals surface area contributed by atoms with Gasteiger partial charge in [0, 0.05) is 58.5 Å². The van der Waals surface area contributed by atoms with Crippen LogP contribution in [0, 0.1) is 35.5 Å². The molecule has 2 bridgehead atoms. The third kappa shape index (κ3) is 15.3. The topological polar surface area (TPSA) is 205 Å². The van der Waals surface area contributed by atoms with Gasteiger partial charge in [-0.2, -0.15) is 0 Å². The molecule has 1 aliphatic carbocycles. The van der Waals surface area contributed by atoms with Crippen molar-refractivity contribution in [2.24, 2.45) is 35.5 Å². The maximum atomic E-state index is 14.7. The number of amides is 1. The number of Topliss-reactive ketones (excluding diaryl/α,β-unsaturated/α-hetero) is 3. The van der Waals surface area contributed by atoms with Crippen LogP contribution in [0.1, 0.15) is 132 Å². The average molecular weight is 972 g/mol. The van der Waals surface area contributed by atoms with Crippen LogP contribution in [0.25, 0.3) is 0 Å². The van der Waals surface area contributed by atoms with Gasteiger partial charge in [0.15, 0.2) is 5.78 Å². The number of carbonyl (C=O) groups is 5. The molecule has 4 rings (SSSR count). The number of allylic oxidation sites excluding steroid dienone is 6. The molecule has 1 saturated carbocycles. The Bertz CT molecular complexity index is 1860. The zero-order valence-electron chi connectivity index (χ0n) is 43.4. The maximum Gasteiger partial charge on any atom is 0.329 e. The minimum atomic E-state index is -2.44. The summed E-state index contributed by atoms with van der Waals surface area (Å²) in [5.41, 5.74) is -0.139. The molecule has 0 aromatic carbocycles. The van der Waals surface area contributed by atoms with Gasteiger partial charge in [-0.1, -0.05) is 71.1 Å². The lowest BCUT2D eigenvalue weighted by molar-refractivity contribution is -0.265. The number of methoxy groups -OCH3 is 3. The fourth-order valence-corrected chi connectivity index (χ4v) is 10.7. The molecule has 0 radical (unpaired) electrons. The second kappa shape index (κ2) is 26.9. The third-order valence-corrected chi connectivity index (χ3v) is 15.5. The Hall–Kier alpha value is -3.41. The van der Waals surface area contributed by atoms with Gasteiger partial charge in [0.05, 0.1) is 37.6 Å². The van der Waals surface area contributed by atoms with Gasteiger partial charge in [0.25, 0.3) is 11.7 Å². The highest BCUT2D eigenvalue weighted by molar-refractivity contribution is 6.39. The highest BCUT2D eigenvalue weighted by Gasteiger charge is 2.53. The lowest BCUT2D eigenvalue weighted by Gasteiger charge is -2.43. The summed E-state index contributed by atoms with van der Waals surface area (Å²) >= 11 is 0. The summed E-state index contributed by atoms with van der Waals surface area (Å²) < 4.78 is 35.8. The second-order valence-corrected chi connectivity index (χ2v) is 20.8. The molecule has 3 N–H and O–H groups in total. The van der Waals surface area contributed by atoms with E-state index in [1.165, 1.54) is 12.0 Å². The van der Waals surface area contributed by atoms with Gasteiger partial charge in [-0.3, -0.25) is 19.2 Å². The predicted molar refractivity (Wildman–Crippen MR) is 261 cm³/mol. The Labute approximate surface area is 411 Å². The molecule has 0 aromatic heterocycles. The maximum absolute atomic E-state index is 14.7. The summed E-state index contributed by atoms with van der Waals surface area (Å²) in [4.78, 5) is 72.7. The summed E-state index contributed by atoms with van der Waals surface area (Å²) in [5, 5.41) is 32.9. The lowest BCUT2D eigenvalue weighted by Crippen LogP contribution is -2.61. The molecule has 4 aliphatic rings. The van der Waals surface area contributed by atoms with Crippen LogP contribution in [0.2, 0.25) is 0 Å². The van der Waals surface area contributed by atoms with Crippen molar-refractivity contribution in [3.63, 3.8) is 0 Å². The van der Waals surface area contributed by atoms with Crippen molar-refractivity contribution in [3.05, 3.63) is 47.6 Å². The van der Waals surface area contributed by atoms with Crippen LogP contribution in [0.5, 0.6) is 0 Å². The number of hydrogen-bond acceptors (Lipinski definition) is 14. The van der Waals surface area contributed by atoms with Crippen LogP contribution in [0.3, 0.4) is 0 Å². The van der Waals surface area contributed by atoms with Crippen LogP contribution in [0.15, 0.2) is 47.6 Å². The number of aliphatic hydroxyl groups excluding tert-OH is 2. The fourth-order valence-electron chi connectivity index (χ4n) is 10.7. The Balaban J connectivity index is 1.73. The van der Waals surface area contributed by atoms with Crippen LogP contribution >= 0.6 is 0 Å². The normalized spacial score (nSPS) is 39.9. The van der Waals surface area contributed by atoms with Crippen LogP contribution in [0.4, 0.5) is 0 Å². The number of fused-ring (bicyclic) bond motifs is 3. The first kappa shape index (κ1) is 58.2. The molecule has 2 saturated heterocycles. The number of ketones is 3. The largest absolute Gasteiger partial charge is 0.457 e. The van der Waals surface area contributed by atoms with Crippen molar-refractivity contribution in [1.82, 2.24) is 4.90 Å². The van der Waals surface area contributed by atoms with Crippen molar-refractivity contribution >= 4 is 29.2 Å². The molecular weight excluding hydrogens is 887 g/mol. The third-order valence-electron chi connectivity index (χ3n) is 15.5. The summed E-state index contributed by atoms with van der Waals surface area (Å²) in [5.74, 6) is -8.11. The summed E-state index contributed by atoms with van der Waals surface area (Å²) in [6.07, 6.45) is 12.8. The van der Waals surface area contributed by atoms with E-state index in [0.717, 1.165) is 12.0 Å². The number of carbonyl (C=O) groups excluding carboxylic acids is 5. The standard InChI is InChI=1S/C54H85NO14/c1-33-17-13-12-14-18-34(2)45(64-9)31-41-22-20-38(6)54(63,68-41)50(60)51(61)55-24-16-15-19-42(55)52(62)69-53(8,39(7)29-40-21-23-44(67-26-25-56)46(30-40)65-10)32-43(57)35(3)28-37(5)48(59)49(66-11)47(58)36(4)27-33/h12-14,17-18,28,33,35-36,38-42,44-46,48-49,56,59,63H,15-16,19-27,29-32H2,1-11H3/b14-12+,17-13+,34-18+,37-28+/t33-,35-,36-,38-,39-,40+,41+,42+,44-,45+,46-,48-,49+,53-,54-/m1/s1. The molecular formula is C54H85NO14. The van der Waals surface area contributed by atoms with Crippen molar-refractivity contribution in [2.75, 3.05) is 41.1 Å². The van der Waals surface area contributed by atoms with Gasteiger partial charge in [-0.05, 0) is 114 Å². The molecule has 3 heterocycles.